The topological polar surface area (TPSA) is 71.1 Å². The van der Waals surface area contributed by atoms with E-state index in [1.165, 1.54) is 0 Å². The highest BCUT2D eigenvalue weighted by Gasteiger charge is 2.42. The molecule has 0 unspecified atom stereocenters. The summed E-state index contributed by atoms with van der Waals surface area (Å²) in [5.41, 5.74) is 0.765. The largest absolute Gasteiger partial charge is 0.459 e. The number of ether oxygens (including phenoxy) is 4. The smallest absolute Gasteiger partial charge is 0.338 e. The van der Waals surface area contributed by atoms with E-state index in [4.69, 9.17) is 18.9 Å². The molecular formula is C18H22O6. The van der Waals surface area contributed by atoms with Crippen LogP contribution in [0.15, 0.2) is 42.5 Å². The summed E-state index contributed by atoms with van der Waals surface area (Å²) < 4.78 is 21.8. The molecule has 1 heterocycles. The lowest BCUT2D eigenvalue weighted by Crippen LogP contribution is -2.33. The van der Waals surface area contributed by atoms with Crippen molar-refractivity contribution in [3.8, 4) is 0 Å². The monoisotopic (exact) mass is 334 g/mol. The van der Waals surface area contributed by atoms with Gasteiger partial charge in [0.05, 0.1) is 5.56 Å². The molecule has 1 aromatic carbocycles. The lowest BCUT2D eigenvalue weighted by atomic mass is 10.2. The van der Waals surface area contributed by atoms with E-state index < -0.39 is 29.9 Å². The highest BCUT2D eigenvalue weighted by Crippen LogP contribution is 2.28. The molecule has 1 aromatic rings. The Kier molecular flexibility index (Phi) is 5.75. The van der Waals surface area contributed by atoms with E-state index in [1.807, 2.05) is 6.07 Å². The maximum Gasteiger partial charge on any atom is 0.338 e. The van der Waals surface area contributed by atoms with Crippen molar-refractivity contribution in [2.45, 2.75) is 38.8 Å². The van der Waals surface area contributed by atoms with E-state index in [0.29, 0.717) is 11.1 Å². The Morgan fingerprint density at radius 2 is 1.62 bits per heavy atom. The first-order chi connectivity index (χ1) is 11.3. The second kappa shape index (κ2) is 7.59. The first kappa shape index (κ1) is 18.2. The SMILES string of the molecule is C=C(C)C(=O)OC[C@@H]1OC(C)(C)O[C@H]1COC(=O)c1ccccc1. The van der Waals surface area contributed by atoms with E-state index in [-0.39, 0.29) is 13.2 Å². The van der Waals surface area contributed by atoms with Crippen LogP contribution in [-0.2, 0) is 23.7 Å². The molecule has 0 saturated carbocycles. The van der Waals surface area contributed by atoms with E-state index >= 15 is 0 Å². The van der Waals surface area contributed by atoms with Crippen molar-refractivity contribution in [2.24, 2.45) is 0 Å². The Hall–Kier alpha value is -2.18. The minimum atomic E-state index is -0.843. The average molecular weight is 334 g/mol. The van der Waals surface area contributed by atoms with Gasteiger partial charge in [0.1, 0.15) is 25.4 Å². The van der Waals surface area contributed by atoms with Crippen LogP contribution >= 0.6 is 0 Å². The van der Waals surface area contributed by atoms with E-state index in [1.54, 1.807) is 45.0 Å². The number of benzene rings is 1. The van der Waals surface area contributed by atoms with Crippen LogP contribution in [0.5, 0.6) is 0 Å². The van der Waals surface area contributed by atoms with Gasteiger partial charge >= 0.3 is 11.9 Å². The predicted molar refractivity (Wildman–Crippen MR) is 86.3 cm³/mol. The molecule has 6 nitrogen and oxygen atoms in total. The first-order valence-corrected chi connectivity index (χ1v) is 7.69. The first-order valence-electron chi connectivity index (χ1n) is 7.69. The summed E-state index contributed by atoms with van der Waals surface area (Å²) in [6.07, 6.45) is -1.04. The Balaban J connectivity index is 1.92. The van der Waals surface area contributed by atoms with Gasteiger partial charge in [-0.15, -0.1) is 0 Å². The highest BCUT2D eigenvalue weighted by atomic mass is 16.8. The molecule has 0 aromatic heterocycles. The van der Waals surface area contributed by atoms with Gasteiger partial charge in [-0.25, -0.2) is 9.59 Å². The standard InChI is InChI=1S/C18H22O6/c1-12(2)16(19)21-10-14-15(24-18(3,4)23-14)11-22-17(20)13-8-6-5-7-9-13/h5-9,14-15H,1,10-11H2,2-4H3/t14-,15-/m0/s1. The van der Waals surface area contributed by atoms with Crippen molar-refractivity contribution in [3.63, 3.8) is 0 Å². The Bertz CT molecular complexity index is 607. The Labute approximate surface area is 141 Å². The van der Waals surface area contributed by atoms with Crippen LogP contribution in [0, 0.1) is 0 Å². The van der Waals surface area contributed by atoms with Crippen molar-refractivity contribution in [1.82, 2.24) is 0 Å². The van der Waals surface area contributed by atoms with E-state index in [0.717, 1.165) is 0 Å². The van der Waals surface area contributed by atoms with Crippen LogP contribution in [0.25, 0.3) is 0 Å². The summed E-state index contributed by atoms with van der Waals surface area (Å²) in [4.78, 5) is 23.5. The lowest BCUT2D eigenvalue weighted by Gasteiger charge is -2.17. The molecule has 1 aliphatic heterocycles. The average Bonchev–Trinajstić information content (AvgIpc) is 2.85. The zero-order chi connectivity index (χ0) is 17.7. The summed E-state index contributed by atoms with van der Waals surface area (Å²) in [6.45, 7) is 8.60. The van der Waals surface area contributed by atoms with Crippen LogP contribution < -0.4 is 0 Å². The number of carbonyl (C=O) groups excluding carboxylic acids is 2. The molecule has 2 atom stereocenters. The third-order valence-corrected chi connectivity index (χ3v) is 3.40. The van der Waals surface area contributed by atoms with E-state index in [2.05, 4.69) is 6.58 Å². The highest BCUT2D eigenvalue weighted by molar-refractivity contribution is 5.89. The Morgan fingerprint density at radius 1 is 1.08 bits per heavy atom. The fourth-order valence-electron chi connectivity index (χ4n) is 2.29. The predicted octanol–water partition coefficient (Wildman–Crippen LogP) is 2.48. The van der Waals surface area contributed by atoms with Crippen molar-refractivity contribution < 1.29 is 28.5 Å². The summed E-state index contributed by atoms with van der Waals surface area (Å²) >= 11 is 0. The molecular weight excluding hydrogens is 312 g/mol. The maximum absolute atomic E-state index is 12.0. The second-order valence-electron chi connectivity index (χ2n) is 6.06. The molecule has 0 N–H and O–H groups in total. The van der Waals surface area contributed by atoms with Crippen LogP contribution in [-0.4, -0.2) is 43.1 Å². The number of hydrogen-bond acceptors (Lipinski definition) is 6. The van der Waals surface area contributed by atoms with Crippen LogP contribution in [0.2, 0.25) is 0 Å². The van der Waals surface area contributed by atoms with E-state index in [9.17, 15) is 9.59 Å². The molecule has 0 aliphatic carbocycles. The van der Waals surface area contributed by atoms with Gasteiger partial charge in [0, 0.05) is 5.57 Å². The fraction of sp³-hybridized carbons (Fsp3) is 0.444. The quantitative estimate of drug-likeness (QED) is 0.588. The van der Waals surface area contributed by atoms with Gasteiger partial charge in [0.25, 0.3) is 0 Å². The molecule has 6 heteroatoms. The molecule has 0 amide bonds. The summed E-state index contributed by atoms with van der Waals surface area (Å²) in [6, 6.07) is 8.68. The molecule has 24 heavy (non-hydrogen) atoms. The van der Waals surface area contributed by atoms with Gasteiger partial charge in [-0.2, -0.15) is 0 Å². The number of carbonyl (C=O) groups is 2. The molecule has 0 radical (unpaired) electrons. The van der Waals surface area contributed by atoms with Crippen LogP contribution in [0.4, 0.5) is 0 Å². The second-order valence-corrected chi connectivity index (χ2v) is 6.06. The number of rotatable bonds is 6. The third kappa shape index (κ3) is 4.91. The molecule has 1 aliphatic rings. The van der Waals surface area contributed by atoms with Crippen LogP contribution in [0.3, 0.4) is 0 Å². The Morgan fingerprint density at radius 3 is 2.17 bits per heavy atom. The van der Waals surface area contributed by atoms with Gasteiger partial charge < -0.3 is 18.9 Å². The lowest BCUT2D eigenvalue weighted by molar-refractivity contribution is -0.158. The summed E-state index contributed by atoms with van der Waals surface area (Å²) in [5, 5.41) is 0. The maximum atomic E-state index is 12.0. The number of esters is 2. The minimum Gasteiger partial charge on any atom is -0.459 e. The fourth-order valence-corrected chi connectivity index (χ4v) is 2.29. The van der Waals surface area contributed by atoms with Crippen molar-refractivity contribution in [2.75, 3.05) is 13.2 Å². The minimum absolute atomic E-state index is 0.00266. The van der Waals surface area contributed by atoms with Gasteiger partial charge in [-0.1, -0.05) is 24.8 Å². The molecule has 1 saturated heterocycles. The zero-order valence-electron chi connectivity index (χ0n) is 14.1. The molecule has 2 rings (SSSR count). The summed E-state index contributed by atoms with van der Waals surface area (Å²) in [5.74, 6) is -1.78. The van der Waals surface area contributed by atoms with Gasteiger partial charge in [-0.3, -0.25) is 0 Å². The van der Waals surface area contributed by atoms with Gasteiger partial charge in [-0.05, 0) is 32.9 Å². The molecule has 1 fully saturated rings. The number of hydrogen-bond donors (Lipinski definition) is 0. The van der Waals surface area contributed by atoms with Crippen molar-refractivity contribution >= 4 is 11.9 Å². The van der Waals surface area contributed by atoms with Crippen LogP contribution in [0.1, 0.15) is 31.1 Å². The van der Waals surface area contributed by atoms with Gasteiger partial charge in [0.2, 0.25) is 0 Å². The molecule has 0 bridgehead atoms. The van der Waals surface area contributed by atoms with Crippen molar-refractivity contribution in [3.05, 3.63) is 48.0 Å². The zero-order valence-corrected chi connectivity index (χ0v) is 14.1. The normalized spacial score (nSPS) is 22.0. The van der Waals surface area contributed by atoms with Crippen molar-refractivity contribution in [1.29, 1.82) is 0 Å². The molecule has 130 valence electrons. The third-order valence-electron chi connectivity index (χ3n) is 3.40. The van der Waals surface area contributed by atoms with Gasteiger partial charge in [0.15, 0.2) is 5.79 Å². The summed E-state index contributed by atoms with van der Waals surface area (Å²) in [7, 11) is 0. The molecule has 0 spiro atoms.